The van der Waals surface area contributed by atoms with Gasteiger partial charge in [-0.25, -0.2) is 4.39 Å². The van der Waals surface area contributed by atoms with Crippen molar-refractivity contribution in [2.45, 2.75) is 90.6 Å². The number of halogens is 1. The van der Waals surface area contributed by atoms with Crippen LogP contribution in [0.4, 0.5) is 4.39 Å². The second-order valence-corrected chi connectivity index (χ2v) is 12.3. The Labute approximate surface area is 187 Å². The van der Waals surface area contributed by atoms with Gasteiger partial charge in [-0.2, -0.15) is 0 Å². The third-order valence-electron chi connectivity index (χ3n) is 10.7. The highest BCUT2D eigenvalue weighted by molar-refractivity contribution is 5.84. The van der Waals surface area contributed by atoms with Gasteiger partial charge < -0.3 is 5.11 Å². The van der Waals surface area contributed by atoms with Crippen molar-refractivity contribution in [3.05, 3.63) is 35.6 Å². The standard InChI is InChI=1S/C28H39FO2/c1-26(31)14-15-27(2)19(17-26)8-9-20-21-10-11-23(28(21,3)13-12-22(20)27)25(30)16-18-6-4-5-7-24(18)29/h4-7,19-23,31H,8-17H2,1-3H3/t19-,20+,21+,22+,23-,26-,27+,28+/m1/s1. The molecule has 0 saturated heterocycles. The van der Waals surface area contributed by atoms with E-state index in [-0.39, 0.29) is 29.4 Å². The highest BCUT2D eigenvalue weighted by Gasteiger charge is 2.61. The Morgan fingerprint density at radius 1 is 0.968 bits per heavy atom. The Morgan fingerprint density at radius 2 is 1.71 bits per heavy atom. The van der Waals surface area contributed by atoms with E-state index in [0.29, 0.717) is 28.7 Å². The first-order valence-electron chi connectivity index (χ1n) is 12.6. The molecule has 4 fully saturated rings. The first-order chi connectivity index (χ1) is 14.6. The molecule has 8 atom stereocenters. The summed E-state index contributed by atoms with van der Waals surface area (Å²) in [7, 11) is 0. The fraction of sp³-hybridized carbons (Fsp3) is 0.750. The van der Waals surface area contributed by atoms with Gasteiger partial charge in [0.05, 0.1) is 5.60 Å². The van der Waals surface area contributed by atoms with Crippen molar-refractivity contribution < 1.29 is 14.3 Å². The number of aliphatic hydroxyl groups is 1. The minimum atomic E-state index is -0.488. The van der Waals surface area contributed by atoms with Crippen molar-refractivity contribution in [3.8, 4) is 0 Å². The second-order valence-electron chi connectivity index (χ2n) is 12.3. The summed E-state index contributed by atoms with van der Waals surface area (Å²) < 4.78 is 14.2. The summed E-state index contributed by atoms with van der Waals surface area (Å²) in [4.78, 5) is 13.4. The topological polar surface area (TPSA) is 37.3 Å². The molecule has 0 unspecified atom stereocenters. The zero-order valence-electron chi connectivity index (χ0n) is 19.5. The van der Waals surface area contributed by atoms with E-state index in [0.717, 1.165) is 44.4 Å². The van der Waals surface area contributed by atoms with Gasteiger partial charge >= 0.3 is 0 Å². The Hall–Kier alpha value is -1.22. The van der Waals surface area contributed by atoms with Gasteiger partial charge in [-0.05, 0) is 111 Å². The summed E-state index contributed by atoms with van der Waals surface area (Å²) in [6.07, 6.45) is 10.2. The molecule has 2 nitrogen and oxygen atoms in total. The van der Waals surface area contributed by atoms with E-state index in [2.05, 4.69) is 13.8 Å². The predicted molar refractivity (Wildman–Crippen MR) is 121 cm³/mol. The highest BCUT2D eigenvalue weighted by Crippen LogP contribution is 2.68. The van der Waals surface area contributed by atoms with E-state index < -0.39 is 5.60 Å². The summed E-state index contributed by atoms with van der Waals surface area (Å²) in [5, 5.41) is 10.7. The molecule has 0 aromatic heterocycles. The van der Waals surface area contributed by atoms with Crippen molar-refractivity contribution in [1.82, 2.24) is 0 Å². The minimum absolute atomic E-state index is 0.0763. The van der Waals surface area contributed by atoms with E-state index in [9.17, 15) is 14.3 Å². The van der Waals surface area contributed by atoms with Crippen LogP contribution in [-0.2, 0) is 11.2 Å². The van der Waals surface area contributed by atoms with Gasteiger partial charge in [-0.3, -0.25) is 4.79 Å². The molecular weight excluding hydrogens is 387 g/mol. The predicted octanol–water partition coefficient (Wildman–Crippen LogP) is 6.35. The normalized spacial score (nSPS) is 46.7. The fourth-order valence-corrected chi connectivity index (χ4v) is 8.91. The molecule has 4 saturated carbocycles. The molecule has 3 heteroatoms. The lowest BCUT2D eigenvalue weighted by molar-refractivity contribution is -0.150. The zero-order valence-corrected chi connectivity index (χ0v) is 19.5. The monoisotopic (exact) mass is 426 g/mol. The Kier molecular flexibility index (Phi) is 5.16. The lowest BCUT2D eigenvalue weighted by atomic mass is 9.44. The summed E-state index contributed by atoms with van der Waals surface area (Å²) >= 11 is 0. The molecule has 1 aromatic rings. The van der Waals surface area contributed by atoms with Crippen LogP contribution in [0, 0.1) is 46.2 Å². The average molecular weight is 427 g/mol. The number of Topliss-reactive ketones (excluding diaryl/α,β-unsaturated/α-hetero) is 1. The molecule has 31 heavy (non-hydrogen) atoms. The molecule has 0 spiro atoms. The van der Waals surface area contributed by atoms with Crippen molar-refractivity contribution >= 4 is 5.78 Å². The first-order valence-corrected chi connectivity index (χ1v) is 12.6. The van der Waals surface area contributed by atoms with Crippen LogP contribution in [0.1, 0.15) is 84.1 Å². The van der Waals surface area contributed by atoms with Gasteiger partial charge in [-0.15, -0.1) is 0 Å². The fourth-order valence-electron chi connectivity index (χ4n) is 8.91. The number of hydrogen-bond donors (Lipinski definition) is 1. The van der Waals surface area contributed by atoms with Gasteiger partial charge in [0.1, 0.15) is 11.6 Å². The van der Waals surface area contributed by atoms with E-state index in [4.69, 9.17) is 0 Å². The maximum atomic E-state index is 14.2. The summed E-state index contributed by atoms with van der Waals surface area (Å²) in [5.74, 6) is 2.80. The van der Waals surface area contributed by atoms with Crippen LogP contribution in [-0.4, -0.2) is 16.5 Å². The second kappa shape index (κ2) is 7.40. The van der Waals surface area contributed by atoms with Crippen LogP contribution in [0.5, 0.6) is 0 Å². The smallest absolute Gasteiger partial charge is 0.140 e. The van der Waals surface area contributed by atoms with E-state index in [1.165, 1.54) is 25.3 Å². The van der Waals surface area contributed by atoms with E-state index in [1.54, 1.807) is 12.1 Å². The van der Waals surface area contributed by atoms with Gasteiger partial charge in [-0.1, -0.05) is 32.0 Å². The number of ketones is 1. The molecule has 0 bridgehead atoms. The molecule has 4 aliphatic carbocycles. The molecule has 0 heterocycles. The van der Waals surface area contributed by atoms with Crippen LogP contribution >= 0.6 is 0 Å². The van der Waals surface area contributed by atoms with Gasteiger partial charge in [0, 0.05) is 12.3 Å². The van der Waals surface area contributed by atoms with Crippen molar-refractivity contribution in [3.63, 3.8) is 0 Å². The Balaban J connectivity index is 1.35. The summed E-state index contributed by atoms with van der Waals surface area (Å²) in [6, 6.07) is 6.75. The molecule has 0 amide bonds. The molecular formula is C28H39FO2. The van der Waals surface area contributed by atoms with Crippen molar-refractivity contribution in [2.75, 3.05) is 0 Å². The van der Waals surface area contributed by atoms with Crippen LogP contribution in [0.2, 0.25) is 0 Å². The molecule has 5 rings (SSSR count). The van der Waals surface area contributed by atoms with Crippen LogP contribution < -0.4 is 0 Å². The molecule has 0 aliphatic heterocycles. The number of rotatable bonds is 3. The maximum Gasteiger partial charge on any atom is 0.140 e. The van der Waals surface area contributed by atoms with Crippen LogP contribution in [0.25, 0.3) is 0 Å². The largest absolute Gasteiger partial charge is 0.390 e. The van der Waals surface area contributed by atoms with E-state index >= 15 is 0 Å². The van der Waals surface area contributed by atoms with Gasteiger partial charge in [0.25, 0.3) is 0 Å². The van der Waals surface area contributed by atoms with E-state index in [1.807, 2.05) is 13.0 Å². The summed E-state index contributed by atoms with van der Waals surface area (Å²) in [6.45, 7) is 6.92. The van der Waals surface area contributed by atoms with Crippen molar-refractivity contribution in [1.29, 1.82) is 0 Å². The molecule has 0 radical (unpaired) electrons. The first kappa shape index (κ1) is 21.6. The highest BCUT2D eigenvalue weighted by atomic mass is 19.1. The van der Waals surface area contributed by atoms with Crippen molar-refractivity contribution in [2.24, 2.45) is 40.4 Å². The Bertz CT molecular complexity index is 862. The number of benzene rings is 1. The lowest BCUT2D eigenvalue weighted by Gasteiger charge is -2.61. The van der Waals surface area contributed by atoms with Crippen LogP contribution in [0.15, 0.2) is 24.3 Å². The number of fused-ring (bicyclic) bond motifs is 5. The minimum Gasteiger partial charge on any atom is -0.390 e. The summed E-state index contributed by atoms with van der Waals surface area (Å²) in [5.41, 5.74) is 0.488. The molecule has 1 N–H and O–H groups in total. The third kappa shape index (κ3) is 3.41. The molecule has 4 aliphatic rings. The maximum absolute atomic E-state index is 14.2. The van der Waals surface area contributed by atoms with Gasteiger partial charge in [0.2, 0.25) is 0 Å². The Morgan fingerprint density at radius 3 is 2.48 bits per heavy atom. The molecule has 170 valence electrons. The average Bonchev–Trinajstić information content (AvgIpc) is 3.07. The molecule has 1 aromatic carbocycles. The quantitative estimate of drug-likeness (QED) is 0.612. The lowest BCUT2D eigenvalue weighted by Crippen LogP contribution is -2.55. The SMILES string of the molecule is C[C@@]1(O)CC[C@@]2(C)[C@H](CC[C@@H]3[C@@H]2CC[C@]2(C)[C@@H](C(=O)Cc4ccccc4F)CC[C@@H]32)C1. The number of carbonyl (C=O) groups excluding carboxylic acids is 1. The van der Waals surface area contributed by atoms with Crippen LogP contribution in [0.3, 0.4) is 0 Å². The third-order valence-corrected chi connectivity index (χ3v) is 10.7. The number of carbonyl (C=O) groups is 1. The number of hydrogen-bond acceptors (Lipinski definition) is 2. The van der Waals surface area contributed by atoms with Gasteiger partial charge in [0.15, 0.2) is 0 Å². The zero-order chi connectivity index (χ0) is 22.0.